The molecule has 1 atom stereocenters. The zero-order chi connectivity index (χ0) is 22.7. The van der Waals surface area contributed by atoms with Gasteiger partial charge in [-0.2, -0.15) is 13.2 Å². The van der Waals surface area contributed by atoms with Crippen LogP contribution in [0.1, 0.15) is 24.8 Å². The molecule has 9 heteroatoms. The zero-order valence-corrected chi connectivity index (χ0v) is 17.4. The van der Waals surface area contributed by atoms with Crippen LogP contribution in [0.2, 0.25) is 0 Å². The number of nitrogens with zero attached hydrogens (tertiary/aromatic N) is 2. The van der Waals surface area contributed by atoms with Crippen molar-refractivity contribution >= 4 is 23.2 Å². The quantitative estimate of drug-likeness (QED) is 0.772. The maximum atomic E-state index is 13.0. The second kappa shape index (κ2) is 9.10. The number of halogens is 3. The van der Waals surface area contributed by atoms with Gasteiger partial charge in [0.25, 0.3) is 5.91 Å². The highest BCUT2D eigenvalue weighted by molar-refractivity contribution is 5.95. The molecule has 0 radical (unpaired) electrons. The van der Waals surface area contributed by atoms with E-state index in [0.717, 1.165) is 31.4 Å². The predicted molar refractivity (Wildman–Crippen MR) is 114 cm³/mol. The van der Waals surface area contributed by atoms with E-state index >= 15 is 0 Å². The van der Waals surface area contributed by atoms with Gasteiger partial charge in [0, 0.05) is 18.8 Å². The first-order valence-corrected chi connectivity index (χ1v) is 10.6. The summed E-state index contributed by atoms with van der Waals surface area (Å²) in [6.07, 6.45) is -2.23. The van der Waals surface area contributed by atoms with E-state index in [2.05, 4.69) is 5.32 Å². The normalized spacial score (nSPS) is 18.5. The Morgan fingerprint density at radius 1 is 1.03 bits per heavy atom. The van der Waals surface area contributed by atoms with Crippen molar-refractivity contribution in [1.29, 1.82) is 0 Å². The smallest absolute Gasteiger partial charge is 0.416 e. The molecule has 2 aromatic carbocycles. The number of hydrogen-bond acceptors (Lipinski definition) is 4. The molecule has 170 valence electrons. The molecule has 1 fully saturated rings. The molecule has 4 rings (SSSR count). The Morgan fingerprint density at radius 2 is 1.78 bits per heavy atom. The number of nitrogens with one attached hydrogen (secondary N) is 1. The summed E-state index contributed by atoms with van der Waals surface area (Å²) < 4.78 is 44.8. The van der Waals surface area contributed by atoms with Crippen LogP contribution in [0.15, 0.2) is 48.5 Å². The predicted octanol–water partition coefficient (Wildman–Crippen LogP) is 3.92. The highest BCUT2D eigenvalue weighted by Gasteiger charge is 2.35. The monoisotopic (exact) mass is 447 g/mol. The molecule has 2 amide bonds. The molecular formula is C23H24F3N3O3. The third-order valence-electron chi connectivity index (χ3n) is 5.61. The minimum Gasteiger partial charge on any atom is -0.477 e. The molecule has 2 aliphatic heterocycles. The summed E-state index contributed by atoms with van der Waals surface area (Å²) in [5, 5.41) is 2.52. The van der Waals surface area contributed by atoms with Crippen molar-refractivity contribution in [2.75, 3.05) is 36.4 Å². The lowest BCUT2D eigenvalue weighted by Gasteiger charge is -2.38. The van der Waals surface area contributed by atoms with E-state index in [4.69, 9.17) is 4.74 Å². The number of ether oxygens (including phenoxy) is 1. The SMILES string of the molecule is O=C(CN1C[C@@H](C(=O)N2CCCCC2)Oc2ccccc21)Nc1cccc(C(F)(F)F)c1. The molecule has 0 saturated carbocycles. The average molecular weight is 447 g/mol. The van der Waals surface area contributed by atoms with Crippen molar-refractivity contribution in [2.45, 2.75) is 31.5 Å². The lowest BCUT2D eigenvalue weighted by atomic mass is 10.1. The number of carbonyl (C=O) groups is 2. The first-order valence-electron chi connectivity index (χ1n) is 10.6. The van der Waals surface area contributed by atoms with E-state index in [9.17, 15) is 22.8 Å². The summed E-state index contributed by atoms with van der Waals surface area (Å²) in [5.74, 6) is -0.0892. The van der Waals surface area contributed by atoms with Crippen LogP contribution in [-0.2, 0) is 15.8 Å². The van der Waals surface area contributed by atoms with Gasteiger partial charge < -0.3 is 19.9 Å². The maximum Gasteiger partial charge on any atom is 0.416 e. The Hall–Kier alpha value is -3.23. The summed E-state index contributed by atoms with van der Waals surface area (Å²) in [5.41, 5.74) is -0.110. The molecule has 0 spiro atoms. The first-order chi connectivity index (χ1) is 15.3. The third kappa shape index (κ3) is 4.98. The second-order valence-electron chi connectivity index (χ2n) is 7.97. The highest BCUT2D eigenvalue weighted by atomic mass is 19.4. The Kier molecular flexibility index (Phi) is 6.25. The molecule has 0 unspecified atom stereocenters. The first kappa shape index (κ1) is 22.0. The van der Waals surface area contributed by atoms with E-state index in [-0.39, 0.29) is 24.7 Å². The maximum absolute atomic E-state index is 13.0. The van der Waals surface area contributed by atoms with Gasteiger partial charge in [-0.3, -0.25) is 9.59 Å². The van der Waals surface area contributed by atoms with Gasteiger partial charge in [0.1, 0.15) is 5.75 Å². The molecule has 2 aromatic rings. The summed E-state index contributed by atoms with van der Waals surface area (Å²) in [7, 11) is 0. The lowest BCUT2D eigenvalue weighted by molar-refractivity contribution is -0.139. The Labute approximate surface area is 183 Å². The summed E-state index contributed by atoms with van der Waals surface area (Å²) >= 11 is 0. The van der Waals surface area contributed by atoms with Gasteiger partial charge in [-0.1, -0.05) is 18.2 Å². The topological polar surface area (TPSA) is 61.9 Å². The fourth-order valence-electron chi connectivity index (χ4n) is 4.05. The Bertz CT molecular complexity index is 990. The zero-order valence-electron chi connectivity index (χ0n) is 17.4. The minimum atomic E-state index is -4.49. The van der Waals surface area contributed by atoms with Gasteiger partial charge in [0.05, 0.1) is 24.3 Å². The molecular weight excluding hydrogens is 423 g/mol. The number of fused-ring (bicyclic) bond motifs is 1. The fraction of sp³-hybridized carbons (Fsp3) is 0.391. The number of piperidine rings is 1. The van der Waals surface area contributed by atoms with Crippen LogP contribution in [-0.4, -0.2) is 49.0 Å². The van der Waals surface area contributed by atoms with Crippen LogP contribution in [0.4, 0.5) is 24.5 Å². The van der Waals surface area contributed by atoms with E-state index in [1.54, 1.807) is 34.1 Å². The Morgan fingerprint density at radius 3 is 2.53 bits per heavy atom. The summed E-state index contributed by atoms with van der Waals surface area (Å²) in [6.45, 7) is 1.44. The minimum absolute atomic E-state index is 0.0623. The molecule has 1 saturated heterocycles. The van der Waals surface area contributed by atoms with Crippen molar-refractivity contribution in [3.8, 4) is 5.75 Å². The number of alkyl halides is 3. The van der Waals surface area contributed by atoms with Crippen LogP contribution in [0.3, 0.4) is 0 Å². The van der Waals surface area contributed by atoms with E-state index in [1.165, 1.54) is 12.1 Å². The van der Waals surface area contributed by atoms with Gasteiger partial charge in [-0.25, -0.2) is 0 Å². The number of rotatable bonds is 4. The molecule has 2 aliphatic rings. The molecule has 6 nitrogen and oxygen atoms in total. The second-order valence-corrected chi connectivity index (χ2v) is 7.97. The molecule has 1 N–H and O–H groups in total. The molecule has 0 aliphatic carbocycles. The number of amides is 2. The third-order valence-corrected chi connectivity index (χ3v) is 5.61. The summed E-state index contributed by atoms with van der Waals surface area (Å²) in [6, 6.07) is 11.6. The van der Waals surface area contributed by atoms with Crippen molar-refractivity contribution in [2.24, 2.45) is 0 Å². The molecule has 0 aromatic heterocycles. The van der Waals surface area contributed by atoms with Crippen LogP contribution in [0.25, 0.3) is 0 Å². The lowest BCUT2D eigenvalue weighted by Crippen LogP contribution is -2.52. The Balaban J connectivity index is 1.48. The van der Waals surface area contributed by atoms with E-state index in [1.807, 2.05) is 0 Å². The molecule has 2 heterocycles. The molecule has 0 bridgehead atoms. The van der Waals surface area contributed by atoms with Crippen LogP contribution in [0.5, 0.6) is 5.75 Å². The van der Waals surface area contributed by atoms with Crippen molar-refractivity contribution < 1.29 is 27.5 Å². The number of benzene rings is 2. The van der Waals surface area contributed by atoms with Crippen molar-refractivity contribution in [1.82, 2.24) is 4.90 Å². The van der Waals surface area contributed by atoms with Crippen LogP contribution in [0, 0.1) is 0 Å². The van der Waals surface area contributed by atoms with Crippen LogP contribution >= 0.6 is 0 Å². The number of hydrogen-bond donors (Lipinski definition) is 1. The number of anilines is 2. The van der Waals surface area contributed by atoms with Gasteiger partial charge in [-0.15, -0.1) is 0 Å². The van der Waals surface area contributed by atoms with E-state index in [0.29, 0.717) is 24.5 Å². The standard InChI is InChI=1S/C23H24F3N3O3/c24-23(25,26)16-7-6-8-17(13-16)27-21(30)15-29-14-20(22(31)28-11-4-1-5-12-28)32-19-10-3-2-9-18(19)29/h2-3,6-10,13,20H,1,4-5,11-12,14-15H2,(H,27,30)/t20-/m0/s1. The summed E-state index contributed by atoms with van der Waals surface area (Å²) in [4.78, 5) is 29.2. The van der Waals surface area contributed by atoms with Crippen molar-refractivity contribution in [3.63, 3.8) is 0 Å². The van der Waals surface area contributed by atoms with Crippen molar-refractivity contribution in [3.05, 3.63) is 54.1 Å². The van der Waals surface area contributed by atoms with Gasteiger partial charge >= 0.3 is 6.18 Å². The fourth-order valence-corrected chi connectivity index (χ4v) is 4.05. The molecule has 32 heavy (non-hydrogen) atoms. The van der Waals surface area contributed by atoms with Gasteiger partial charge in [0.15, 0.2) is 6.10 Å². The average Bonchev–Trinajstić information content (AvgIpc) is 2.78. The largest absolute Gasteiger partial charge is 0.477 e. The van der Waals surface area contributed by atoms with E-state index < -0.39 is 23.8 Å². The highest BCUT2D eigenvalue weighted by Crippen LogP contribution is 2.34. The van der Waals surface area contributed by atoms with Gasteiger partial charge in [-0.05, 0) is 49.6 Å². The van der Waals surface area contributed by atoms with Gasteiger partial charge in [0.2, 0.25) is 5.91 Å². The number of para-hydroxylation sites is 2. The van der Waals surface area contributed by atoms with Crippen LogP contribution < -0.4 is 15.0 Å². The number of carbonyl (C=O) groups excluding carboxylic acids is 2. The number of likely N-dealkylation sites (tertiary alicyclic amines) is 1.